The van der Waals surface area contributed by atoms with Gasteiger partial charge in [0.1, 0.15) is 0 Å². The van der Waals surface area contributed by atoms with Crippen LogP contribution in [0.4, 0.5) is 0 Å². The van der Waals surface area contributed by atoms with Crippen molar-refractivity contribution in [3.8, 4) is 0 Å². The van der Waals surface area contributed by atoms with Gasteiger partial charge in [0.2, 0.25) is 0 Å². The average molecular weight is 385 g/mol. The van der Waals surface area contributed by atoms with E-state index in [1.807, 2.05) is 6.08 Å². The predicted octanol–water partition coefficient (Wildman–Crippen LogP) is 4.28. The highest BCUT2D eigenvalue weighted by Crippen LogP contribution is 2.72. The number of aliphatic hydroxyl groups is 1. The molecular weight excluding hydrogens is 352 g/mol. The summed E-state index contributed by atoms with van der Waals surface area (Å²) in [4.78, 5) is 23.2. The minimum Gasteiger partial charge on any atom is -0.478 e. The second-order valence-electron chi connectivity index (χ2n) is 10.3. The molecule has 152 valence electrons. The maximum Gasteiger partial charge on any atom is 0.328 e. The summed E-state index contributed by atoms with van der Waals surface area (Å²) < 4.78 is 0. The Balaban J connectivity index is 1.51. The van der Waals surface area contributed by atoms with Gasteiger partial charge in [-0.25, -0.2) is 4.79 Å². The summed E-state index contributed by atoms with van der Waals surface area (Å²) in [5.41, 5.74) is 0.566. The number of carboxylic acids is 1. The number of hydrogen-bond donors (Lipinski definition) is 2. The fourth-order valence-corrected chi connectivity index (χ4v) is 8.19. The summed E-state index contributed by atoms with van der Waals surface area (Å²) in [6.07, 6.45) is 14.8. The van der Waals surface area contributed by atoms with Crippen LogP contribution < -0.4 is 0 Å². The van der Waals surface area contributed by atoms with Gasteiger partial charge in [-0.15, -0.1) is 0 Å². The molecule has 4 saturated carbocycles. The number of aliphatic carboxylic acids is 1. The molecule has 4 heteroatoms. The Kier molecular flexibility index (Phi) is 4.01. The van der Waals surface area contributed by atoms with Crippen molar-refractivity contribution in [2.45, 2.75) is 76.7 Å². The molecule has 4 nitrogen and oxygen atoms in total. The summed E-state index contributed by atoms with van der Waals surface area (Å²) in [5.74, 6) is 1.63. The van der Waals surface area contributed by atoms with Crippen molar-refractivity contribution in [1.29, 1.82) is 0 Å². The SMILES string of the molecule is CC[C@]12CC[C@H]3[C@@H](CC4(CC4)C4=CC(=O)CC[C@@H]43)[C@@H]1CC[C@@]2(O)/C=C\C(=O)O. The van der Waals surface area contributed by atoms with E-state index in [0.717, 1.165) is 38.2 Å². The van der Waals surface area contributed by atoms with Gasteiger partial charge in [-0.05, 0) is 99.0 Å². The number of ketones is 1. The summed E-state index contributed by atoms with van der Waals surface area (Å²) in [5, 5.41) is 20.7. The van der Waals surface area contributed by atoms with Crippen molar-refractivity contribution in [2.24, 2.45) is 34.5 Å². The van der Waals surface area contributed by atoms with E-state index in [2.05, 4.69) is 6.92 Å². The van der Waals surface area contributed by atoms with Crippen LogP contribution >= 0.6 is 0 Å². The average Bonchev–Trinajstić information content (AvgIpc) is 3.38. The molecule has 5 rings (SSSR count). The van der Waals surface area contributed by atoms with E-state index in [-0.39, 0.29) is 10.8 Å². The molecule has 0 aromatic rings. The Morgan fingerprint density at radius 2 is 1.96 bits per heavy atom. The molecule has 0 heterocycles. The highest BCUT2D eigenvalue weighted by atomic mass is 16.4. The number of allylic oxidation sites excluding steroid dienone is 1. The third-order valence-electron chi connectivity index (χ3n) is 9.56. The lowest BCUT2D eigenvalue weighted by Crippen LogP contribution is -2.54. The van der Waals surface area contributed by atoms with Crippen molar-refractivity contribution < 1.29 is 19.8 Å². The molecule has 5 aliphatic carbocycles. The first-order valence-corrected chi connectivity index (χ1v) is 11.2. The minimum atomic E-state index is -0.995. The lowest BCUT2D eigenvalue weighted by atomic mass is 9.47. The third kappa shape index (κ3) is 2.39. The first-order chi connectivity index (χ1) is 13.3. The van der Waals surface area contributed by atoms with E-state index < -0.39 is 11.6 Å². The predicted molar refractivity (Wildman–Crippen MR) is 105 cm³/mol. The maximum absolute atomic E-state index is 12.1. The zero-order valence-electron chi connectivity index (χ0n) is 16.8. The van der Waals surface area contributed by atoms with Crippen LogP contribution in [0.25, 0.3) is 0 Å². The van der Waals surface area contributed by atoms with Gasteiger partial charge in [-0.2, -0.15) is 0 Å². The molecule has 0 radical (unpaired) electrons. The fraction of sp³-hybridized carbons (Fsp3) is 0.750. The molecule has 4 fully saturated rings. The van der Waals surface area contributed by atoms with Crippen molar-refractivity contribution in [2.75, 3.05) is 0 Å². The van der Waals surface area contributed by atoms with Crippen LogP contribution in [-0.2, 0) is 9.59 Å². The number of rotatable bonds is 3. The van der Waals surface area contributed by atoms with Crippen molar-refractivity contribution >= 4 is 11.8 Å². The summed E-state index contributed by atoms with van der Waals surface area (Å²) in [6, 6.07) is 0. The molecule has 0 unspecified atom stereocenters. The zero-order chi connectivity index (χ0) is 19.7. The van der Waals surface area contributed by atoms with Crippen LogP contribution in [-0.4, -0.2) is 27.6 Å². The molecule has 0 aromatic carbocycles. The van der Waals surface area contributed by atoms with Crippen LogP contribution in [0.1, 0.15) is 71.1 Å². The van der Waals surface area contributed by atoms with E-state index in [4.69, 9.17) is 5.11 Å². The van der Waals surface area contributed by atoms with Crippen LogP contribution in [0.3, 0.4) is 0 Å². The number of fused-ring (bicyclic) bond motifs is 6. The van der Waals surface area contributed by atoms with Gasteiger partial charge in [0.25, 0.3) is 0 Å². The molecule has 1 spiro atoms. The lowest BCUT2D eigenvalue weighted by molar-refractivity contribution is -0.132. The summed E-state index contributed by atoms with van der Waals surface area (Å²) in [7, 11) is 0. The van der Waals surface area contributed by atoms with E-state index in [1.54, 1.807) is 6.08 Å². The largest absolute Gasteiger partial charge is 0.478 e. The second kappa shape index (κ2) is 6.04. The van der Waals surface area contributed by atoms with Gasteiger partial charge < -0.3 is 10.2 Å². The van der Waals surface area contributed by atoms with Crippen molar-refractivity contribution in [3.05, 3.63) is 23.8 Å². The number of hydrogen-bond acceptors (Lipinski definition) is 3. The number of carbonyl (C=O) groups excluding carboxylic acids is 1. The molecular formula is C24H32O4. The summed E-state index contributed by atoms with van der Waals surface area (Å²) in [6.45, 7) is 2.18. The molecule has 0 bridgehead atoms. The Bertz CT molecular complexity index is 775. The van der Waals surface area contributed by atoms with Gasteiger partial charge in [-0.1, -0.05) is 12.5 Å². The van der Waals surface area contributed by atoms with E-state index in [0.29, 0.717) is 42.3 Å². The monoisotopic (exact) mass is 384 g/mol. The van der Waals surface area contributed by atoms with Crippen LogP contribution in [0, 0.1) is 34.5 Å². The first-order valence-electron chi connectivity index (χ1n) is 11.2. The minimum absolute atomic E-state index is 0.193. The molecule has 0 amide bonds. The highest BCUT2D eigenvalue weighted by molar-refractivity contribution is 5.91. The van der Waals surface area contributed by atoms with Gasteiger partial charge in [0, 0.05) is 17.9 Å². The molecule has 0 saturated heterocycles. The highest BCUT2D eigenvalue weighted by Gasteiger charge is 2.66. The van der Waals surface area contributed by atoms with E-state index in [1.165, 1.54) is 24.8 Å². The molecule has 0 aromatic heterocycles. The quantitative estimate of drug-likeness (QED) is 0.712. The van der Waals surface area contributed by atoms with Crippen LogP contribution in [0.2, 0.25) is 0 Å². The smallest absolute Gasteiger partial charge is 0.328 e. The zero-order valence-corrected chi connectivity index (χ0v) is 16.8. The Morgan fingerprint density at radius 1 is 1.18 bits per heavy atom. The fourth-order valence-electron chi connectivity index (χ4n) is 8.19. The van der Waals surface area contributed by atoms with Gasteiger partial charge in [-0.3, -0.25) is 4.79 Å². The van der Waals surface area contributed by atoms with E-state index >= 15 is 0 Å². The standard InChI is InChI=1S/C24H32O4/c1-2-23-8-5-16-17-4-3-15(25)13-20(17)22(11-12-22)14-18(16)19(23)6-9-24(23,28)10-7-21(26)27/h7,10,13,16-19,28H,2-6,8-9,11-12,14H2,1H3,(H,26,27)/b10-7-/t16-,17-,18-,19+,23+,24-/m1/s1. The lowest BCUT2D eigenvalue weighted by Gasteiger charge is -2.58. The third-order valence-corrected chi connectivity index (χ3v) is 9.56. The summed E-state index contributed by atoms with van der Waals surface area (Å²) >= 11 is 0. The maximum atomic E-state index is 12.1. The molecule has 6 atom stereocenters. The van der Waals surface area contributed by atoms with Gasteiger partial charge >= 0.3 is 5.97 Å². The molecule has 2 N–H and O–H groups in total. The number of carbonyl (C=O) groups is 2. The Hall–Kier alpha value is -1.42. The van der Waals surface area contributed by atoms with Gasteiger partial charge in [0.05, 0.1) is 5.60 Å². The van der Waals surface area contributed by atoms with Crippen molar-refractivity contribution in [3.63, 3.8) is 0 Å². The van der Waals surface area contributed by atoms with Gasteiger partial charge in [0.15, 0.2) is 5.78 Å². The first kappa shape index (κ1) is 18.6. The molecule has 5 aliphatic rings. The Morgan fingerprint density at radius 3 is 2.64 bits per heavy atom. The second-order valence-corrected chi connectivity index (χ2v) is 10.3. The van der Waals surface area contributed by atoms with Crippen LogP contribution in [0.15, 0.2) is 23.8 Å². The molecule has 28 heavy (non-hydrogen) atoms. The normalized spacial score (nSPS) is 46.1. The van der Waals surface area contributed by atoms with Crippen molar-refractivity contribution in [1.82, 2.24) is 0 Å². The number of carboxylic acid groups (broad SMARTS) is 1. The van der Waals surface area contributed by atoms with E-state index in [9.17, 15) is 14.7 Å². The Labute approximate surface area is 167 Å². The molecule has 0 aliphatic heterocycles. The van der Waals surface area contributed by atoms with Crippen LogP contribution in [0.5, 0.6) is 0 Å². The topological polar surface area (TPSA) is 74.6 Å².